The van der Waals surface area contributed by atoms with Gasteiger partial charge in [0, 0.05) is 14.2 Å². The minimum absolute atomic E-state index is 0.152. The Morgan fingerprint density at radius 1 is 0.700 bits per heavy atom. The number of ether oxygens (including phenoxy) is 2. The molecule has 106 valence electrons. The lowest BCUT2D eigenvalue weighted by Crippen LogP contribution is -2.31. The van der Waals surface area contributed by atoms with Crippen LogP contribution in [-0.4, -0.2) is 26.2 Å². The minimum atomic E-state index is -0.152. The first kappa shape index (κ1) is 14.7. The highest BCUT2D eigenvalue weighted by Crippen LogP contribution is 2.29. The number of nitrogens with zero attached hydrogens (tertiary/aromatic N) is 1. The van der Waals surface area contributed by atoms with Gasteiger partial charge in [-0.25, -0.2) is 4.90 Å². The molecule has 2 rings (SSSR count). The fourth-order valence-corrected chi connectivity index (χ4v) is 2.43. The van der Waals surface area contributed by atoms with Crippen molar-refractivity contribution in [2.24, 2.45) is 0 Å². The lowest BCUT2D eigenvalue weighted by molar-refractivity contribution is -0.124. The third-order valence-corrected chi connectivity index (χ3v) is 3.36. The molecule has 0 radical (unpaired) electrons. The molecule has 2 aromatic rings. The predicted molar refractivity (Wildman–Crippen MR) is 80.1 cm³/mol. The van der Waals surface area contributed by atoms with Crippen LogP contribution < -0.4 is 0 Å². The van der Waals surface area contributed by atoms with Gasteiger partial charge in [-0.2, -0.15) is 0 Å². The van der Waals surface area contributed by atoms with E-state index in [9.17, 15) is 0 Å². The molecule has 3 heteroatoms. The second-order valence-corrected chi connectivity index (χ2v) is 4.66. The molecular formula is C17H21NO2. The molecule has 2 atom stereocenters. The van der Waals surface area contributed by atoms with Gasteiger partial charge in [0.15, 0.2) is 0 Å². The van der Waals surface area contributed by atoms with E-state index >= 15 is 0 Å². The third-order valence-electron chi connectivity index (χ3n) is 3.36. The molecule has 0 aliphatic heterocycles. The van der Waals surface area contributed by atoms with Crippen molar-refractivity contribution in [2.75, 3.05) is 21.3 Å². The van der Waals surface area contributed by atoms with Gasteiger partial charge in [0.25, 0.3) is 0 Å². The van der Waals surface area contributed by atoms with Crippen LogP contribution in [0.4, 0.5) is 0 Å². The van der Waals surface area contributed by atoms with Gasteiger partial charge in [-0.15, -0.1) is 0 Å². The van der Waals surface area contributed by atoms with Crippen molar-refractivity contribution in [3.05, 3.63) is 71.8 Å². The van der Waals surface area contributed by atoms with Crippen molar-refractivity contribution in [3.63, 3.8) is 0 Å². The summed E-state index contributed by atoms with van der Waals surface area (Å²) in [6.45, 7) is 0. The summed E-state index contributed by atoms with van der Waals surface area (Å²) in [4.78, 5) is 2.07. The molecule has 0 aliphatic carbocycles. The minimum Gasteiger partial charge on any atom is -0.362 e. The number of benzene rings is 2. The molecule has 0 aromatic heterocycles. The molecule has 0 fully saturated rings. The van der Waals surface area contributed by atoms with Gasteiger partial charge >= 0.3 is 0 Å². The van der Waals surface area contributed by atoms with Gasteiger partial charge in [-0.05, 0) is 18.2 Å². The maximum atomic E-state index is 5.65. The van der Waals surface area contributed by atoms with Crippen LogP contribution in [0.5, 0.6) is 0 Å². The zero-order valence-corrected chi connectivity index (χ0v) is 12.2. The number of methoxy groups -OCH3 is 2. The van der Waals surface area contributed by atoms with Crippen LogP contribution in [0.2, 0.25) is 0 Å². The Morgan fingerprint density at radius 3 is 1.35 bits per heavy atom. The van der Waals surface area contributed by atoms with Crippen molar-refractivity contribution in [1.82, 2.24) is 4.90 Å². The smallest absolute Gasteiger partial charge is 0.138 e. The zero-order valence-electron chi connectivity index (χ0n) is 12.2. The highest BCUT2D eigenvalue weighted by Gasteiger charge is 2.25. The first-order valence-corrected chi connectivity index (χ1v) is 6.65. The number of hydrogen-bond acceptors (Lipinski definition) is 3. The van der Waals surface area contributed by atoms with E-state index in [0.717, 1.165) is 11.1 Å². The van der Waals surface area contributed by atoms with Crippen LogP contribution >= 0.6 is 0 Å². The standard InChI is InChI=1S/C17H21NO2/c1-18(16(19-2)14-10-6-4-7-11-14)17(20-3)15-12-8-5-9-13-15/h4-13,16-17H,1-3H3. The molecule has 0 heterocycles. The Hall–Kier alpha value is -1.68. The highest BCUT2D eigenvalue weighted by molar-refractivity contribution is 5.20. The molecule has 0 amide bonds. The second kappa shape index (κ2) is 7.20. The fourth-order valence-electron chi connectivity index (χ4n) is 2.43. The van der Waals surface area contributed by atoms with E-state index in [0.29, 0.717) is 0 Å². The molecular weight excluding hydrogens is 250 g/mol. The Morgan fingerprint density at radius 2 is 1.05 bits per heavy atom. The molecule has 0 bridgehead atoms. The van der Waals surface area contributed by atoms with Crippen LogP contribution in [0.1, 0.15) is 23.6 Å². The van der Waals surface area contributed by atoms with E-state index in [1.807, 2.05) is 43.4 Å². The van der Waals surface area contributed by atoms with Crippen molar-refractivity contribution < 1.29 is 9.47 Å². The van der Waals surface area contributed by atoms with Gasteiger partial charge in [0.2, 0.25) is 0 Å². The first-order chi connectivity index (χ1) is 9.77. The van der Waals surface area contributed by atoms with E-state index in [4.69, 9.17) is 9.47 Å². The average Bonchev–Trinajstić information content (AvgIpc) is 2.51. The molecule has 2 unspecified atom stereocenters. The summed E-state index contributed by atoms with van der Waals surface area (Å²) in [5, 5.41) is 0. The summed E-state index contributed by atoms with van der Waals surface area (Å²) >= 11 is 0. The molecule has 0 saturated heterocycles. The van der Waals surface area contributed by atoms with E-state index in [-0.39, 0.29) is 12.5 Å². The summed E-state index contributed by atoms with van der Waals surface area (Å²) in [5.74, 6) is 0. The number of hydrogen-bond donors (Lipinski definition) is 0. The van der Waals surface area contributed by atoms with Gasteiger partial charge in [-0.1, -0.05) is 60.7 Å². The summed E-state index contributed by atoms with van der Waals surface area (Å²) in [7, 11) is 5.43. The van der Waals surface area contributed by atoms with Gasteiger partial charge in [0.1, 0.15) is 12.5 Å². The molecule has 20 heavy (non-hydrogen) atoms. The largest absolute Gasteiger partial charge is 0.362 e. The van der Waals surface area contributed by atoms with Crippen LogP contribution in [0.3, 0.4) is 0 Å². The van der Waals surface area contributed by atoms with Crippen molar-refractivity contribution in [2.45, 2.75) is 12.5 Å². The van der Waals surface area contributed by atoms with E-state index in [1.165, 1.54) is 0 Å². The van der Waals surface area contributed by atoms with Gasteiger partial charge < -0.3 is 9.47 Å². The van der Waals surface area contributed by atoms with E-state index < -0.39 is 0 Å². The lowest BCUT2D eigenvalue weighted by Gasteiger charge is -2.33. The quantitative estimate of drug-likeness (QED) is 0.749. The normalized spacial score (nSPS) is 14.2. The predicted octanol–water partition coefficient (Wildman–Crippen LogP) is 3.61. The van der Waals surface area contributed by atoms with Crippen molar-refractivity contribution in [3.8, 4) is 0 Å². The summed E-state index contributed by atoms with van der Waals surface area (Å²) < 4.78 is 11.3. The average molecular weight is 271 g/mol. The molecule has 0 aliphatic rings. The molecule has 0 spiro atoms. The van der Waals surface area contributed by atoms with Crippen LogP contribution in [0.15, 0.2) is 60.7 Å². The SMILES string of the molecule is COC(c1ccccc1)N(C)C(OC)c1ccccc1. The van der Waals surface area contributed by atoms with Crippen molar-refractivity contribution in [1.29, 1.82) is 0 Å². The maximum absolute atomic E-state index is 5.65. The molecule has 2 aromatic carbocycles. The van der Waals surface area contributed by atoms with E-state index in [1.54, 1.807) is 14.2 Å². The van der Waals surface area contributed by atoms with Crippen LogP contribution in [0, 0.1) is 0 Å². The van der Waals surface area contributed by atoms with Gasteiger partial charge in [-0.3, -0.25) is 0 Å². The Kier molecular flexibility index (Phi) is 5.30. The molecule has 0 saturated carbocycles. The third kappa shape index (κ3) is 3.25. The monoisotopic (exact) mass is 271 g/mol. The molecule has 3 nitrogen and oxygen atoms in total. The Bertz CT molecular complexity index is 453. The fraction of sp³-hybridized carbons (Fsp3) is 0.294. The zero-order chi connectivity index (χ0) is 14.4. The highest BCUT2D eigenvalue weighted by atomic mass is 16.5. The maximum Gasteiger partial charge on any atom is 0.138 e. The Labute approximate surface area is 120 Å². The van der Waals surface area contributed by atoms with Crippen molar-refractivity contribution >= 4 is 0 Å². The Balaban J connectivity index is 2.25. The second-order valence-electron chi connectivity index (χ2n) is 4.66. The van der Waals surface area contributed by atoms with E-state index in [2.05, 4.69) is 29.2 Å². The topological polar surface area (TPSA) is 21.7 Å². The summed E-state index contributed by atoms with van der Waals surface area (Å²) in [5.41, 5.74) is 2.21. The van der Waals surface area contributed by atoms with Crippen LogP contribution in [-0.2, 0) is 9.47 Å². The number of rotatable bonds is 6. The van der Waals surface area contributed by atoms with Gasteiger partial charge in [0.05, 0.1) is 0 Å². The van der Waals surface area contributed by atoms with Crippen LogP contribution in [0.25, 0.3) is 0 Å². The first-order valence-electron chi connectivity index (χ1n) is 6.65. The lowest BCUT2D eigenvalue weighted by atomic mass is 10.1. The summed E-state index contributed by atoms with van der Waals surface area (Å²) in [6, 6.07) is 20.3. The summed E-state index contributed by atoms with van der Waals surface area (Å²) in [6.07, 6.45) is -0.303. The molecule has 0 N–H and O–H groups in total.